The molecule has 48 heavy (non-hydrogen) atoms. The Labute approximate surface area is 282 Å². The number of para-hydroxylation sites is 1. The summed E-state index contributed by atoms with van der Waals surface area (Å²) < 4.78 is 2.60. The molecule has 0 atom stereocenters. The fourth-order valence-corrected chi connectivity index (χ4v) is 8.80. The molecule has 0 N–H and O–H groups in total. The van der Waals surface area contributed by atoms with E-state index in [9.17, 15) is 0 Å². The molecule has 2 heteroatoms. The van der Waals surface area contributed by atoms with Gasteiger partial charge in [0, 0.05) is 31.1 Å². The zero-order valence-corrected chi connectivity index (χ0v) is 26.9. The summed E-state index contributed by atoms with van der Waals surface area (Å²) in [5.74, 6) is 0. The largest absolute Gasteiger partial charge is 0.309 e. The molecule has 10 aromatic rings. The number of rotatable bonds is 4. The summed E-state index contributed by atoms with van der Waals surface area (Å²) in [6.45, 7) is 0. The molecule has 1 nitrogen and oxygen atoms in total. The maximum atomic E-state index is 2.53. The lowest BCUT2D eigenvalue weighted by Crippen LogP contribution is -2.12. The molecule has 0 saturated carbocycles. The molecule has 0 spiro atoms. The number of hydrogen-bond donors (Lipinski definition) is 0. The van der Waals surface area contributed by atoms with Crippen molar-refractivity contribution in [3.05, 3.63) is 176 Å². The van der Waals surface area contributed by atoms with Gasteiger partial charge in [-0.25, -0.2) is 0 Å². The topological polar surface area (TPSA) is 3.24 Å². The zero-order chi connectivity index (χ0) is 31.6. The molecule has 0 fully saturated rings. The predicted molar refractivity (Wildman–Crippen MR) is 209 cm³/mol. The Morgan fingerprint density at radius 2 is 0.979 bits per heavy atom. The summed E-state index contributed by atoms with van der Waals surface area (Å²) >= 11 is 1.88. The lowest BCUT2D eigenvalue weighted by molar-refractivity contribution is 1.32. The van der Waals surface area contributed by atoms with Crippen LogP contribution in [0.4, 0.5) is 17.1 Å². The van der Waals surface area contributed by atoms with E-state index < -0.39 is 0 Å². The molecular weight excluding hydrogens is 599 g/mol. The maximum absolute atomic E-state index is 2.53. The summed E-state index contributed by atoms with van der Waals surface area (Å²) in [5.41, 5.74) is 5.90. The van der Waals surface area contributed by atoms with Crippen LogP contribution < -0.4 is 4.90 Å². The average molecular weight is 628 g/mol. The van der Waals surface area contributed by atoms with E-state index in [1.165, 1.54) is 85.8 Å². The average Bonchev–Trinajstić information content (AvgIpc) is 3.52. The van der Waals surface area contributed by atoms with Gasteiger partial charge in [0.15, 0.2) is 0 Å². The van der Waals surface area contributed by atoms with Gasteiger partial charge in [0.1, 0.15) is 0 Å². The highest BCUT2D eigenvalue weighted by Crippen LogP contribution is 2.50. The van der Waals surface area contributed by atoms with E-state index in [1.54, 1.807) is 0 Å². The van der Waals surface area contributed by atoms with Gasteiger partial charge in [-0.15, -0.1) is 11.3 Å². The molecule has 0 saturated heterocycles. The van der Waals surface area contributed by atoms with Crippen LogP contribution >= 0.6 is 11.3 Å². The van der Waals surface area contributed by atoms with E-state index in [-0.39, 0.29) is 0 Å². The normalized spacial score (nSPS) is 11.8. The number of nitrogens with zero attached hydrogens (tertiary/aromatic N) is 1. The van der Waals surface area contributed by atoms with E-state index in [0.29, 0.717) is 0 Å². The molecule has 0 amide bonds. The Morgan fingerprint density at radius 3 is 1.83 bits per heavy atom. The lowest BCUT2D eigenvalue weighted by Gasteiger charge is -2.30. The number of fused-ring (bicyclic) bond motifs is 9. The minimum Gasteiger partial charge on any atom is -0.309 e. The van der Waals surface area contributed by atoms with E-state index in [1.807, 2.05) is 11.3 Å². The third-order valence-corrected chi connectivity index (χ3v) is 10.9. The van der Waals surface area contributed by atoms with Crippen molar-refractivity contribution >= 4 is 91.7 Å². The summed E-state index contributed by atoms with van der Waals surface area (Å²) in [6, 6.07) is 64.6. The minimum absolute atomic E-state index is 1.15. The smallest absolute Gasteiger partial charge is 0.0555 e. The predicted octanol–water partition coefficient (Wildman–Crippen LogP) is 13.8. The van der Waals surface area contributed by atoms with E-state index in [2.05, 4.69) is 181 Å². The first-order chi connectivity index (χ1) is 23.8. The summed E-state index contributed by atoms with van der Waals surface area (Å²) in [7, 11) is 0. The lowest BCUT2D eigenvalue weighted by atomic mass is 9.94. The van der Waals surface area contributed by atoms with Gasteiger partial charge in [-0.3, -0.25) is 0 Å². The molecule has 0 aliphatic heterocycles. The van der Waals surface area contributed by atoms with Crippen LogP contribution in [0.3, 0.4) is 0 Å². The monoisotopic (exact) mass is 627 g/mol. The molecule has 1 heterocycles. The molecule has 224 valence electrons. The number of benzene rings is 9. The molecular formula is C46H29NS. The minimum atomic E-state index is 1.15. The Balaban J connectivity index is 1.36. The van der Waals surface area contributed by atoms with Crippen molar-refractivity contribution in [1.82, 2.24) is 0 Å². The van der Waals surface area contributed by atoms with Gasteiger partial charge in [-0.1, -0.05) is 140 Å². The Kier molecular flexibility index (Phi) is 6.12. The van der Waals surface area contributed by atoms with E-state index >= 15 is 0 Å². The van der Waals surface area contributed by atoms with Gasteiger partial charge >= 0.3 is 0 Å². The van der Waals surface area contributed by atoms with Crippen molar-refractivity contribution in [2.45, 2.75) is 0 Å². The third-order valence-electron chi connectivity index (χ3n) is 9.78. The van der Waals surface area contributed by atoms with Crippen LogP contribution in [0.5, 0.6) is 0 Å². The first-order valence-electron chi connectivity index (χ1n) is 16.4. The summed E-state index contributed by atoms with van der Waals surface area (Å²) in [4.78, 5) is 2.53. The molecule has 0 aliphatic rings. The highest BCUT2D eigenvalue weighted by molar-refractivity contribution is 7.26. The van der Waals surface area contributed by atoms with Gasteiger partial charge in [-0.2, -0.15) is 0 Å². The van der Waals surface area contributed by atoms with Crippen LogP contribution in [0.15, 0.2) is 176 Å². The molecule has 1 aromatic heterocycles. The molecule has 0 unspecified atom stereocenters. The van der Waals surface area contributed by atoms with Crippen LogP contribution in [0.25, 0.3) is 74.4 Å². The van der Waals surface area contributed by atoms with Gasteiger partial charge in [0.2, 0.25) is 0 Å². The third kappa shape index (κ3) is 4.17. The second-order valence-corrected chi connectivity index (χ2v) is 13.6. The van der Waals surface area contributed by atoms with Gasteiger partial charge in [0.25, 0.3) is 0 Å². The van der Waals surface area contributed by atoms with Crippen LogP contribution in [0.2, 0.25) is 0 Å². The zero-order valence-electron chi connectivity index (χ0n) is 26.1. The van der Waals surface area contributed by atoms with Crippen molar-refractivity contribution < 1.29 is 0 Å². The van der Waals surface area contributed by atoms with Crippen molar-refractivity contribution in [3.63, 3.8) is 0 Å². The van der Waals surface area contributed by atoms with Gasteiger partial charge < -0.3 is 4.90 Å². The van der Waals surface area contributed by atoms with Gasteiger partial charge in [-0.05, 0) is 79.7 Å². The quantitative estimate of drug-likeness (QED) is 0.176. The SMILES string of the molecule is c1ccc(-c2ccccc2N(c2cc3ccc4ccccc4c3c3ccccc23)c2cccc3sc4cc5ccccc5cc4c23)cc1. The van der Waals surface area contributed by atoms with Crippen LogP contribution in [0.1, 0.15) is 0 Å². The molecule has 0 bridgehead atoms. The standard InChI is InChI=1S/C46H29NS/c1-2-13-30(14-3-1)35-18-10-11-22-40(35)47(41-23-12-24-43-46(41)39-27-32-16-4-5-17-33(32)29-44(39)48-43)42-28-34-26-25-31-15-6-7-19-36(31)45(34)38-21-9-8-20-37(38)42/h1-29H. The summed E-state index contributed by atoms with van der Waals surface area (Å²) in [5, 5.41) is 12.7. The van der Waals surface area contributed by atoms with Crippen LogP contribution in [-0.4, -0.2) is 0 Å². The van der Waals surface area contributed by atoms with Crippen molar-refractivity contribution in [2.75, 3.05) is 4.90 Å². The Bertz CT molecular complexity index is 2850. The Hall–Kier alpha value is -5.96. The fourth-order valence-electron chi connectivity index (χ4n) is 7.64. The molecule has 10 rings (SSSR count). The van der Waals surface area contributed by atoms with Crippen LogP contribution in [-0.2, 0) is 0 Å². The van der Waals surface area contributed by atoms with E-state index in [4.69, 9.17) is 0 Å². The first-order valence-corrected chi connectivity index (χ1v) is 17.3. The maximum Gasteiger partial charge on any atom is 0.0555 e. The van der Waals surface area contributed by atoms with E-state index in [0.717, 1.165) is 5.69 Å². The number of thiophene rings is 1. The van der Waals surface area contributed by atoms with Crippen molar-refractivity contribution in [2.24, 2.45) is 0 Å². The molecule has 0 aliphatic carbocycles. The second kappa shape index (κ2) is 10.8. The molecule has 0 radical (unpaired) electrons. The second-order valence-electron chi connectivity index (χ2n) is 12.5. The van der Waals surface area contributed by atoms with Crippen LogP contribution in [0, 0.1) is 0 Å². The molecule has 9 aromatic carbocycles. The summed E-state index contributed by atoms with van der Waals surface area (Å²) in [6.07, 6.45) is 0. The van der Waals surface area contributed by atoms with Gasteiger partial charge in [0.05, 0.1) is 17.1 Å². The van der Waals surface area contributed by atoms with Crippen molar-refractivity contribution in [3.8, 4) is 11.1 Å². The first kappa shape index (κ1) is 27.2. The number of anilines is 3. The van der Waals surface area contributed by atoms with Crippen molar-refractivity contribution in [1.29, 1.82) is 0 Å². The highest BCUT2D eigenvalue weighted by Gasteiger charge is 2.24. The Morgan fingerprint density at radius 1 is 0.333 bits per heavy atom. The fraction of sp³-hybridized carbons (Fsp3) is 0. The number of hydrogen-bond acceptors (Lipinski definition) is 2. The highest BCUT2D eigenvalue weighted by atomic mass is 32.1.